The van der Waals surface area contributed by atoms with Crippen LogP contribution in [0.15, 0.2) is 153 Å². The number of piperidine rings is 4. The average molecular weight is 1880 g/mol. The number of carbonyl (C=O) groups is 7. The van der Waals surface area contributed by atoms with Crippen molar-refractivity contribution < 1.29 is 65.7 Å². The van der Waals surface area contributed by atoms with Crippen LogP contribution in [0.4, 0.5) is 19.2 Å². The number of pyridine rings is 6. The summed E-state index contributed by atoms with van der Waals surface area (Å²) in [6, 6.07) is 33.7. The number of benzene rings is 1. The van der Waals surface area contributed by atoms with E-state index in [9.17, 15) is 52.5 Å². The Morgan fingerprint density at radius 3 is 1.24 bits per heavy atom. The number of ketones is 1. The van der Waals surface area contributed by atoms with Crippen LogP contribution < -0.4 is 0 Å². The van der Waals surface area contributed by atoms with Crippen LogP contribution in [0.3, 0.4) is 0 Å². The van der Waals surface area contributed by atoms with Crippen molar-refractivity contribution in [2.45, 2.75) is 217 Å². The molecule has 650 valence electrons. The highest BCUT2D eigenvalue weighted by atomic mass is 79.9. The van der Waals surface area contributed by atoms with Gasteiger partial charge >= 0.3 is 36.2 Å². The van der Waals surface area contributed by atoms with Gasteiger partial charge in [-0.2, -0.15) is 10.5 Å². The minimum atomic E-state index is -3.38. The predicted octanol–water partition coefficient (Wildman–Crippen LogP) is 17.7. The van der Waals surface area contributed by atoms with Gasteiger partial charge < -0.3 is 48.1 Å². The molecule has 0 bridgehead atoms. The molecule has 1 spiro atoms. The summed E-state index contributed by atoms with van der Waals surface area (Å²) in [6.07, 6.45) is 14.8. The molecule has 0 unspecified atom stereocenters. The van der Waals surface area contributed by atoms with E-state index in [1.165, 1.54) is 19.2 Å². The Bertz CT molecular complexity index is 4960. The lowest BCUT2D eigenvalue weighted by Crippen LogP contribution is -2.50. The number of amides is 4. The molecule has 4 aliphatic heterocycles. The number of hydrogen-bond acceptors (Lipinski definition) is 22. The third-order valence-corrected chi connectivity index (χ3v) is 23.7. The fraction of sp³-hybridized carbons (Fsp3) is 0.478. The number of Topliss-reactive ketones (excluding diaryl/α,β-unsaturated/α-hetero) is 1. The monoisotopic (exact) mass is 1880 g/mol. The number of aromatic nitrogens is 6. The summed E-state index contributed by atoms with van der Waals surface area (Å²) in [5.41, 5.74) is 4.52. The van der Waals surface area contributed by atoms with Crippen LogP contribution in [0.25, 0.3) is 9.69 Å². The van der Waals surface area contributed by atoms with Gasteiger partial charge in [-0.15, -0.1) is 0 Å². The van der Waals surface area contributed by atoms with Crippen LogP contribution in [0.5, 0.6) is 0 Å². The van der Waals surface area contributed by atoms with Crippen molar-refractivity contribution in [2.75, 3.05) is 65.3 Å². The maximum Gasteiger partial charge on any atom is 0.410 e. The normalized spacial score (nSPS) is 15.9. The smallest absolute Gasteiger partial charge is 0.410 e. The molecule has 6 aromatic heterocycles. The number of ether oxygens (including phenoxy) is 5. The van der Waals surface area contributed by atoms with Gasteiger partial charge in [-0.25, -0.2) is 55.7 Å². The number of aryl methyl sites for hydroxylation is 3. The lowest BCUT2D eigenvalue weighted by molar-refractivity contribution is -0.149. The first-order valence-electron chi connectivity index (χ1n) is 39.7. The van der Waals surface area contributed by atoms with Crippen molar-refractivity contribution in [2.24, 2.45) is 0 Å². The number of methoxy groups -OCH3 is 1. The van der Waals surface area contributed by atoms with Crippen molar-refractivity contribution in [3.8, 4) is 12.1 Å². The third kappa shape index (κ3) is 28.5. The second kappa shape index (κ2) is 44.4. The fourth-order valence-electron chi connectivity index (χ4n) is 14.0. The van der Waals surface area contributed by atoms with Crippen molar-refractivity contribution in [3.63, 3.8) is 0 Å². The molecular weight excluding hydrogens is 1770 g/mol. The zero-order chi connectivity index (χ0) is 90.7. The van der Waals surface area contributed by atoms with Gasteiger partial charge in [0.1, 0.15) is 42.0 Å². The Kier molecular flexibility index (Phi) is 36.5. The molecular formula is C90H109Br3N14O14S. The number of hydrogen-bond donors (Lipinski definition) is 0. The van der Waals surface area contributed by atoms with E-state index in [1.54, 1.807) is 81.0 Å². The molecule has 32 heteroatoms. The van der Waals surface area contributed by atoms with Gasteiger partial charge in [0.15, 0.2) is 6.29 Å². The van der Waals surface area contributed by atoms with Crippen LogP contribution in [-0.2, 0) is 77.7 Å². The summed E-state index contributed by atoms with van der Waals surface area (Å²) in [5.74, 6) is -0.511. The van der Waals surface area contributed by atoms with Gasteiger partial charge in [0.2, 0.25) is 6.54 Å². The minimum Gasteiger partial charge on any atom is -0.468 e. The summed E-state index contributed by atoms with van der Waals surface area (Å²) in [6.45, 7) is 45.5. The number of fused-ring (bicyclic) bond motifs is 2. The second-order valence-corrected chi connectivity index (χ2v) is 37.8. The van der Waals surface area contributed by atoms with Crippen molar-refractivity contribution in [3.05, 3.63) is 227 Å². The van der Waals surface area contributed by atoms with E-state index in [2.05, 4.69) is 99.5 Å². The Labute approximate surface area is 742 Å². The highest BCUT2D eigenvalue weighted by Crippen LogP contribution is 2.45. The van der Waals surface area contributed by atoms with E-state index in [0.29, 0.717) is 131 Å². The molecule has 0 radical (unpaired) electrons. The number of sulfone groups is 1. The van der Waals surface area contributed by atoms with Gasteiger partial charge in [0, 0.05) is 118 Å². The molecule has 7 aromatic rings. The van der Waals surface area contributed by atoms with E-state index >= 15 is 0 Å². The summed E-state index contributed by atoms with van der Waals surface area (Å²) in [7, 11) is -1.98. The summed E-state index contributed by atoms with van der Waals surface area (Å²) >= 11 is 9.78. The molecule has 0 saturated carbocycles. The van der Waals surface area contributed by atoms with Crippen LogP contribution >= 0.6 is 47.8 Å². The number of nitrogens with zero attached hydrogens (tertiary/aromatic N) is 14. The van der Waals surface area contributed by atoms with E-state index < -0.39 is 59.8 Å². The first kappa shape index (κ1) is 100. The Hall–Kier alpha value is -10.6. The van der Waals surface area contributed by atoms with E-state index in [0.717, 1.165) is 61.4 Å². The van der Waals surface area contributed by atoms with Gasteiger partial charge in [-0.1, -0.05) is 42.0 Å². The molecule has 12 rings (SSSR count). The standard InChI is InChI=1S/C18H26N2O4.C17H23N3O2.C17H22N2O3.C16H20BrN3O2.C9H9NO2S.C7H5BrN2.C6H4BrNO/c1-13-14(7-6-10-19-13)18(15(21)23-5)8-11-20(12-9-18)16(22)24-17(2,3)4;1-13-14(6-5-9-19-13)17(12-18)7-10-20(11-8-17)15(21)22-16(2,3)4;1-16(2,3)22-15(21)19-9-6-17(7-10-19)12-5-4-8-18-13(12)11-14(17)20;1-15(2,3)22-14(21)20-9-6-16(11-18,7-10-20)12-5-4-8-19-13(12)17;1-8-3-5-9(6-4-8)13(11,12)7-10-2;1-9-5-6-3-2-4-10-7(6)8;7-6-5(4-9)2-1-3-8-6/h6-7,10H,8-9,11-12H2,1-5H3;5-6,9H,7-8,10-11H2,1-4H3;4-5,8H,6-7,9-11H2,1-3H3;4-5,8H,6-7,9-10H2,1-3H3;3-6H,7H2,1H3;2-4H,5H2;1-4H. The van der Waals surface area contributed by atoms with Crippen molar-refractivity contribution in [1.29, 1.82) is 10.5 Å². The molecule has 1 aliphatic carbocycles. The molecule has 1 aromatic carbocycles. The average Bonchev–Trinajstić information content (AvgIpc) is 1.53. The SMILES string of the molecule is CC(C)(C)OC(=O)N1CCC(C#N)(c2cccnc2Br)CC1.CC(C)(C)OC(=O)N1CCC2(CC1)C(=O)Cc1ncccc12.COC(=O)C1(c2cccnc2C)CCN(C(=O)OC(C)(C)C)CC1.Cc1ncccc1C1(C#N)CCN(C(=O)OC(C)(C)C)CC1.O=Cc1cccnc1Br.[C-]#[N+]CS(=O)(=O)c1ccc(C)cc1.[C-]#[N+]Cc1cccnc1Br. The van der Waals surface area contributed by atoms with Crippen molar-refractivity contribution >= 4 is 100 Å². The molecule has 0 N–H and O–H groups in total. The topological polar surface area (TPSA) is 346 Å². The largest absolute Gasteiger partial charge is 0.468 e. The Morgan fingerprint density at radius 1 is 0.492 bits per heavy atom. The first-order valence-corrected chi connectivity index (χ1v) is 43.7. The molecule has 10 heterocycles. The summed E-state index contributed by atoms with van der Waals surface area (Å²) in [5, 5.41) is 19.4. The lowest BCUT2D eigenvalue weighted by atomic mass is 9.72. The van der Waals surface area contributed by atoms with Gasteiger partial charge in [0.05, 0.1) is 57.1 Å². The number of aldehydes is 1. The maximum absolute atomic E-state index is 12.6. The van der Waals surface area contributed by atoms with E-state index in [4.69, 9.17) is 36.8 Å². The van der Waals surface area contributed by atoms with E-state index in [-0.39, 0.29) is 41.0 Å². The van der Waals surface area contributed by atoms with Crippen LogP contribution in [0.2, 0.25) is 0 Å². The molecule has 4 fully saturated rings. The summed E-state index contributed by atoms with van der Waals surface area (Å²) < 4.78 is 51.4. The highest BCUT2D eigenvalue weighted by Gasteiger charge is 2.50. The second-order valence-electron chi connectivity index (χ2n) is 33.6. The molecule has 5 aliphatic rings. The number of nitriles is 2. The number of likely N-dealkylation sites (tertiary alicyclic amines) is 4. The quantitative estimate of drug-likeness (QED) is 0.0448. The van der Waals surface area contributed by atoms with E-state index in [1.807, 2.05) is 165 Å². The fourth-order valence-corrected chi connectivity index (χ4v) is 16.2. The molecule has 122 heavy (non-hydrogen) atoms. The van der Waals surface area contributed by atoms with Gasteiger partial charge in [-0.05, 0) is 280 Å². The number of carbonyl (C=O) groups excluding carboxylic acids is 7. The van der Waals surface area contributed by atoms with Crippen LogP contribution in [-0.4, -0.2) is 188 Å². The first-order chi connectivity index (χ1) is 57.3. The predicted molar refractivity (Wildman–Crippen MR) is 470 cm³/mol. The maximum atomic E-state index is 12.6. The lowest BCUT2D eigenvalue weighted by Gasteiger charge is -2.40. The zero-order valence-electron chi connectivity index (χ0n) is 72.2. The van der Waals surface area contributed by atoms with Crippen LogP contribution in [0.1, 0.15) is 195 Å². The third-order valence-electron chi connectivity index (χ3n) is 20.3. The molecule has 0 atom stereocenters. The van der Waals surface area contributed by atoms with Crippen molar-refractivity contribution in [1.82, 2.24) is 49.5 Å². The number of halogens is 3. The number of esters is 1. The van der Waals surface area contributed by atoms with Gasteiger partial charge in [-0.3, -0.25) is 34.2 Å². The highest BCUT2D eigenvalue weighted by molar-refractivity contribution is 9.11. The molecule has 28 nitrogen and oxygen atoms in total. The number of rotatable bonds is 8. The Balaban J connectivity index is 0.000000226. The zero-order valence-corrected chi connectivity index (χ0v) is 77.8. The molecule has 4 saturated heterocycles. The molecule has 4 amide bonds. The summed E-state index contributed by atoms with van der Waals surface area (Å²) in [4.78, 5) is 122. The van der Waals surface area contributed by atoms with Gasteiger partial charge in [0.25, 0.3) is 9.84 Å². The minimum absolute atomic E-state index is 0.217. The Morgan fingerprint density at radius 2 is 0.861 bits per heavy atom. The van der Waals surface area contributed by atoms with Crippen LogP contribution in [0, 0.1) is 56.6 Å².